The third kappa shape index (κ3) is 3.72. The molecule has 0 aliphatic rings. The Labute approximate surface area is 168 Å². The van der Waals surface area contributed by atoms with Gasteiger partial charge in [0.15, 0.2) is 0 Å². The van der Waals surface area contributed by atoms with Gasteiger partial charge in [0.1, 0.15) is 12.3 Å². The Balaban J connectivity index is 1.61. The molecule has 0 aliphatic heterocycles. The van der Waals surface area contributed by atoms with Gasteiger partial charge in [0.05, 0.1) is 12.8 Å². The van der Waals surface area contributed by atoms with Crippen LogP contribution in [-0.2, 0) is 6.54 Å². The van der Waals surface area contributed by atoms with Gasteiger partial charge in [-0.2, -0.15) is 10.1 Å². The molecule has 0 unspecified atom stereocenters. The number of rotatable bonds is 5. The standard InChI is InChI=1S/C20H15BrN4O3/c1-27-14-8-6-13(7-9-14)17-10-11-19(26)25(23-17)12-18-22-20(24-28-18)15-4-2-3-5-16(15)21/h2-11H,12H2,1H3. The summed E-state index contributed by atoms with van der Waals surface area (Å²) in [6, 6.07) is 18.2. The van der Waals surface area contributed by atoms with Crippen LogP contribution in [0.15, 0.2) is 74.5 Å². The van der Waals surface area contributed by atoms with Gasteiger partial charge in [-0.25, -0.2) is 4.68 Å². The highest BCUT2D eigenvalue weighted by atomic mass is 79.9. The van der Waals surface area contributed by atoms with Crippen molar-refractivity contribution in [2.75, 3.05) is 7.11 Å². The summed E-state index contributed by atoms with van der Waals surface area (Å²) in [7, 11) is 1.61. The van der Waals surface area contributed by atoms with E-state index >= 15 is 0 Å². The van der Waals surface area contributed by atoms with E-state index in [-0.39, 0.29) is 12.1 Å². The molecular formula is C20H15BrN4O3. The number of hydrogen-bond acceptors (Lipinski definition) is 6. The van der Waals surface area contributed by atoms with E-state index in [0.717, 1.165) is 21.3 Å². The lowest BCUT2D eigenvalue weighted by molar-refractivity contribution is 0.363. The van der Waals surface area contributed by atoms with Gasteiger partial charge in [-0.1, -0.05) is 33.2 Å². The van der Waals surface area contributed by atoms with Crippen molar-refractivity contribution in [3.63, 3.8) is 0 Å². The molecule has 0 saturated heterocycles. The van der Waals surface area contributed by atoms with Crippen LogP contribution >= 0.6 is 15.9 Å². The maximum absolute atomic E-state index is 12.2. The summed E-state index contributed by atoms with van der Waals surface area (Å²) in [6.45, 7) is 0.0836. The molecule has 140 valence electrons. The minimum Gasteiger partial charge on any atom is -0.497 e. The van der Waals surface area contributed by atoms with Crippen molar-refractivity contribution in [2.45, 2.75) is 6.54 Å². The molecule has 0 bridgehead atoms. The second kappa shape index (κ2) is 7.77. The van der Waals surface area contributed by atoms with Crippen molar-refractivity contribution in [2.24, 2.45) is 0 Å². The number of halogens is 1. The number of methoxy groups -OCH3 is 1. The second-order valence-corrected chi connectivity index (χ2v) is 6.79. The third-order valence-corrected chi connectivity index (χ3v) is 4.81. The fourth-order valence-electron chi connectivity index (χ4n) is 2.68. The Hall–Kier alpha value is -3.26. The number of nitrogens with zero attached hydrogens (tertiary/aromatic N) is 4. The number of benzene rings is 2. The van der Waals surface area contributed by atoms with E-state index in [1.807, 2.05) is 48.5 Å². The molecular weight excluding hydrogens is 424 g/mol. The van der Waals surface area contributed by atoms with Crippen LogP contribution in [0, 0.1) is 0 Å². The van der Waals surface area contributed by atoms with Crippen molar-refractivity contribution in [1.82, 2.24) is 19.9 Å². The highest BCUT2D eigenvalue weighted by Gasteiger charge is 2.13. The molecule has 0 fully saturated rings. The lowest BCUT2D eigenvalue weighted by Crippen LogP contribution is -2.23. The molecule has 2 aromatic heterocycles. The van der Waals surface area contributed by atoms with E-state index in [1.165, 1.54) is 10.7 Å². The average Bonchev–Trinajstić information content (AvgIpc) is 3.18. The van der Waals surface area contributed by atoms with Crippen LogP contribution in [0.2, 0.25) is 0 Å². The van der Waals surface area contributed by atoms with Gasteiger partial charge in [-0.05, 0) is 42.5 Å². The quantitative estimate of drug-likeness (QED) is 0.471. The summed E-state index contributed by atoms with van der Waals surface area (Å²) in [5.41, 5.74) is 2.09. The molecule has 0 spiro atoms. The van der Waals surface area contributed by atoms with E-state index in [4.69, 9.17) is 9.26 Å². The predicted octanol–water partition coefficient (Wildman–Crippen LogP) is 3.78. The third-order valence-electron chi connectivity index (χ3n) is 4.12. The predicted molar refractivity (Wildman–Crippen MR) is 107 cm³/mol. The molecule has 2 heterocycles. The lowest BCUT2D eigenvalue weighted by atomic mass is 10.1. The minimum absolute atomic E-state index is 0.0836. The molecule has 4 aromatic rings. The first-order valence-electron chi connectivity index (χ1n) is 8.44. The van der Waals surface area contributed by atoms with Gasteiger partial charge in [0.2, 0.25) is 11.7 Å². The molecule has 4 rings (SSSR count). The van der Waals surface area contributed by atoms with E-state index in [0.29, 0.717) is 17.4 Å². The summed E-state index contributed by atoms with van der Waals surface area (Å²) < 4.78 is 12.6. The maximum atomic E-state index is 12.2. The molecule has 0 atom stereocenters. The van der Waals surface area contributed by atoms with Crippen molar-refractivity contribution >= 4 is 15.9 Å². The van der Waals surface area contributed by atoms with Gasteiger partial charge >= 0.3 is 0 Å². The highest BCUT2D eigenvalue weighted by Crippen LogP contribution is 2.25. The number of hydrogen-bond donors (Lipinski definition) is 0. The van der Waals surface area contributed by atoms with E-state index in [9.17, 15) is 4.79 Å². The van der Waals surface area contributed by atoms with Gasteiger partial charge in [-0.3, -0.25) is 4.79 Å². The van der Waals surface area contributed by atoms with Crippen molar-refractivity contribution in [1.29, 1.82) is 0 Å². The van der Waals surface area contributed by atoms with Gasteiger partial charge < -0.3 is 9.26 Å². The van der Waals surface area contributed by atoms with Crippen LogP contribution in [0.1, 0.15) is 5.89 Å². The molecule has 0 N–H and O–H groups in total. The number of ether oxygens (including phenoxy) is 1. The van der Waals surface area contributed by atoms with Crippen LogP contribution in [-0.4, -0.2) is 27.0 Å². The molecule has 0 saturated carbocycles. The summed E-state index contributed by atoms with van der Waals surface area (Å²) >= 11 is 3.47. The Morgan fingerprint density at radius 2 is 1.86 bits per heavy atom. The van der Waals surface area contributed by atoms with E-state index in [2.05, 4.69) is 31.2 Å². The van der Waals surface area contributed by atoms with Crippen LogP contribution < -0.4 is 10.3 Å². The normalized spacial score (nSPS) is 10.8. The second-order valence-electron chi connectivity index (χ2n) is 5.93. The smallest absolute Gasteiger partial charge is 0.267 e. The lowest BCUT2D eigenvalue weighted by Gasteiger charge is -2.06. The highest BCUT2D eigenvalue weighted by molar-refractivity contribution is 9.10. The first-order valence-corrected chi connectivity index (χ1v) is 9.23. The Kier molecular flexibility index (Phi) is 5.03. The summed E-state index contributed by atoms with van der Waals surface area (Å²) in [4.78, 5) is 16.6. The zero-order valence-electron chi connectivity index (χ0n) is 14.9. The summed E-state index contributed by atoms with van der Waals surface area (Å²) in [6.07, 6.45) is 0. The Morgan fingerprint density at radius 1 is 1.07 bits per heavy atom. The van der Waals surface area contributed by atoms with Crippen LogP contribution in [0.5, 0.6) is 5.75 Å². The van der Waals surface area contributed by atoms with Crippen molar-refractivity contribution < 1.29 is 9.26 Å². The molecule has 0 amide bonds. The largest absolute Gasteiger partial charge is 0.497 e. The van der Waals surface area contributed by atoms with E-state index in [1.54, 1.807) is 13.2 Å². The monoisotopic (exact) mass is 438 g/mol. The molecule has 28 heavy (non-hydrogen) atoms. The molecule has 0 aliphatic carbocycles. The zero-order valence-corrected chi connectivity index (χ0v) is 16.5. The Bertz CT molecular complexity index is 1170. The van der Waals surface area contributed by atoms with Gasteiger partial charge in [0.25, 0.3) is 5.56 Å². The zero-order chi connectivity index (χ0) is 19.5. The van der Waals surface area contributed by atoms with E-state index < -0.39 is 0 Å². The first-order chi connectivity index (χ1) is 13.6. The molecule has 2 aromatic carbocycles. The summed E-state index contributed by atoms with van der Waals surface area (Å²) in [5, 5.41) is 8.42. The van der Waals surface area contributed by atoms with Crippen LogP contribution in [0.25, 0.3) is 22.6 Å². The van der Waals surface area contributed by atoms with Gasteiger partial charge in [0, 0.05) is 21.7 Å². The van der Waals surface area contributed by atoms with Gasteiger partial charge in [-0.15, -0.1) is 0 Å². The van der Waals surface area contributed by atoms with Crippen molar-refractivity contribution in [3.05, 3.63) is 81.4 Å². The Morgan fingerprint density at radius 3 is 2.61 bits per heavy atom. The first kappa shape index (κ1) is 18.1. The average molecular weight is 439 g/mol. The summed E-state index contributed by atoms with van der Waals surface area (Å²) in [5.74, 6) is 1.50. The topological polar surface area (TPSA) is 83.0 Å². The number of aromatic nitrogens is 4. The molecule has 0 radical (unpaired) electrons. The fraction of sp³-hybridized carbons (Fsp3) is 0.100. The molecule has 8 heteroatoms. The fourth-order valence-corrected chi connectivity index (χ4v) is 3.14. The SMILES string of the molecule is COc1ccc(-c2ccc(=O)n(Cc3nc(-c4ccccc4Br)no3)n2)cc1. The van der Waals surface area contributed by atoms with Crippen LogP contribution in [0.4, 0.5) is 0 Å². The van der Waals surface area contributed by atoms with Crippen molar-refractivity contribution in [3.8, 4) is 28.4 Å². The minimum atomic E-state index is -0.252. The molecule has 7 nitrogen and oxygen atoms in total. The van der Waals surface area contributed by atoms with Crippen LogP contribution in [0.3, 0.4) is 0 Å². The maximum Gasteiger partial charge on any atom is 0.267 e.